The predicted molar refractivity (Wildman–Crippen MR) is 131 cm³/mol. The number of nitrogens with zero attached hydrogens (tertiary/aromatic N) is 2. The fourth-order valence-corrected chi connectivity index (χ4v) is 4.69. The molecule has 0 aromatic heterocycles. The highest BCUT2D eigenvalue weighted by molar-refractivity contribution is 6.03. The number of hydrogen-bond donors (Lipinski definition) is 2. The smallest absolute Gasteiger partial charge is 0.322 e. The summed E-state index contributed by atoms with van der Waals surface area (Å²) >= 11 is 0. The highest BCUT2D eigenvalue weighted by Crippen LogP contribution is 2.40. The number of rotatable bonds is 6. The van der Waals surface area contributed by atoms with Gasteiger partial charge in [0.1, 0.15) is 6.04 Å². The Bertz CT molecular complexity index is 1160. The van der Waals surface area contributed by atoms with Crippen molar-refractivity contribution in [3.05, 3.63) is 82.1 Å². The van der Waals surface area contributed by atoms with Crippen LogP contribution < -0.4 is 10.6 Å². The van der Waals surface area contributed by atoms with E-state index in [1.807, 2.05) is 76.2 Å². The summed E-state index contributed by atoms with van der Waals surface area (Å²) in [4.78, 5) is 43.2. The number of carbonyl (C=O) groups excluding carboxylic acids is 3. The van der Waals surface area contributed by atoms with Gasteiger partial charge in [0.25, 0.3) is 5.91 Å². The van der Waals surface area contributed by atoms with Crippen LogP contribution in [0.15, 0.2) is 59.8 Å². The van der Waals surface area contributed by atoms with Gasteiger partial charge in [0.05, 0.1) is 23.9 Å². The summed E-state index contributed by atoms with van der Waals surface area (Å²) in [5.74, 6) is -0.179. The van der Waals surface area contributed by atoms with E-state index in [1.54, 1.807) is 11.9 Å². The van der Waals surface area contributed by atoms with Crippen LogP contribution in [0.5, 0.6) is 0 Å². The molecule has 0 saturated carbocycles. The van der Waals surface area contributed by atoms with E-state index in [0.29, 0.717) is 17.8 Å². The van der Waals surface area contributed by atoms with Crippen molar-refractivity contribution < 1.29 is 14.4 Å². The van der Waals surface area contributed by atoms with E-state index in [1.165, 1.54) is 4.90 Å². The summed E-state index contributed by atoms with van der Waals surface area (Å²) in [5.41, 5.74) is 4.89. The normalized spacial score (nSPS) is 18.8. The molecule has 0 spiro atoms. The molecule has 4 amide bonds. The van der Waals surface area contributed by atoms with Gasteiger partial charge in [-0.3, -0.25) is 14.5 Å². The second-order valence-electron chi connectivity index (χ2n) is 9.55. The van der Waals surface area contributed by atoms with Gasteiger partial charge in [-0.15, -0.1) is 0 Å². The Morgan fingerprint density at radius 1 is 1.12 bits per heavy atom. The lowest BCUT2D eigenvalue weighted by molar-refractivity contribution is -0.136. The second kappa shape index (κ2) is 9.33. The molecule has 0 aliphatic carbocycles. The maximum atomic E-state index is 13.9. The number of aryl methyl sites for hydroxylation is 2. The van der Waals surface area contributed by atoms with Gasteiger partial charge in [-0.05, 0) is 36.5 Å². The molecule has 0 fully saturated rings. The quantitative estimate of drug-likeness (QED) is 0.691. The lowest BCUT2D eigenvalue weighted by atomic mass is 9.91. The van der Waals surface area contributed by atoms with Crippen LogP contribution >= 0.6 is 0 Å². The highest BCUT2D eigenvalue weighted by Gasteiger charge is 2.46. The fraction of sp³-hybridized carbons (Fsp3) is 0.370. The van der Waals surface area contributed by atoms with Gasteiger partial charge >= 0.3 is 6.03 Å². The Kier molecular flexibility index (Phi) is 6.46. The lowest BCUT2D eigenvalue weighted by Gasteiger charge is -2.31. The summed E-state index contributed by atoms with van der Waals surface area (Å²) in [6.45, 7) is 8.75. The van der Waals surface area contributed by atoms with Crippen LogP contribution in [0.3, 0.4) is 0 Å². The molecular weight excluding hydrogens is 428 g/mol. The molecule has 7 heteroatoms. The van der Waals surface area contributed by atoms with Crippen molar-refractivity contribution in [2.45, 2.75) is 39.8 Å². The molecule has 2 heterocycles. The second-order valence-corrected chi connectivity index (χ2v) is 9.55. The Morgan fingerprint density at radius 3 is 2.47 bits per heavy atom. The molecule has 2 aliphatic heterocycles. The molecule has 0 unspecified atom stereocenters. The van der Waals surface area contributed by atoms with Gasteiger partial charge in [0.2, 0.25) is 5.91 Å². The SMILES string of the molecule is Cc1ccc([C@@H]2NC(=O)N(C)C3=C2C(=O)N([C@H](C(=O)NCC(C)C)c2ccccc2)C3)c(C)c1. The Balaban J connectivity index is 1.74. The fourth-order valence-electron chi connectivity index (χ4n) is 4.69. The number of nitrogens with one attached hydrogen (secondary N) is 2. The van der Waals surface area contributed by atoms with Gasteiger partial charge in [0.15, 0.2) is 0 Å². The van der Waals surface area contributed by atoms with Gasteiger partial charge in [-0.25, -0.2) is 4.79 Å². The monoisotopic (exact) mass is 460 g/mol. The Morgan fingerprint density at radius 2 is 1.82 bits per heavy atom. The van der Waals surface area contributed by atoms with E-state index in [2.05, 4.69) is 10.6 Å². The molecule has 34 heavy (non-hydrogen) atoms. The maximum absolute atomic E-state index is 13.9. The highest BCUT2D eigenvalue weighted by atomic mass is 16.2. The van der Waals surface area contributed by atoms with Crippen LogP contribution in [-0.4, -0.2) is 47.8 Å². The van der Waals surface area contributed by atoms with Crippen molar-refractivity contribution in [2.75, 3.05) is 20.1 Å². The first kappa shape index (κ1) is 23.5. The van der Waals surface area contributed by atoms with E-state index in [9.17, 15) is 14.4 Å². The number of benzene rings is 2. The molecule has 4 rings (SSSR count). The molecule has 2 aromatic carbocycles. The van der Waals surface area contributed by atoms with Crippen LogP contribution in [-0.2, 0) is 9.59 Å². The van der Waals surface area contributed by atoms with Crippen LogP contribution in [0.1, 0.15) is 48.2 Å². The molecular formula is C27H32N4O3. The molecule has 2 atom stereocenters. The summed E-state index contributed by atoms with van der Waals surface area (Å²) in [6, 6.07) is 13.7. The molecule has 2 N–H and O–H groups in total. The summed E-state index contributed by atoms with van der Waals surface area (Å²) in [7, 11) is 1.66. The Hall–Kier alpha value is -3.61. The van der Waals surface area contributed by atoms with Crippen molar-refractivity contribution in [2.24, 2.45) is 5.92 Å². The van der Waals surface area contributed by atoms with Crippen LogP contribution in [0.25, 0.3) is 0 Å². The maximum Gasteiger partial charge on any atom is 0.322 e. The zero-order valence-electron chi connectivity index (χ0n) is 20.4. The third kappa shape index (κ3) is 4.30. The first-order valence-corrected chi connectivity index (χ1v) is 11.7. The van der Waals surface area contributed by atoms with E-state index >= 15 is 0 Å². The van der Waals surface area contributed by atoms with Crippen molar-refractivity contribution >= 4 is 17.8 Å². The zero-order valence-corrected chi connectivity index (χ0v) is 20.4. The van der Waals surface area contributed by atoms with E-state index in [4.69, 9.17) is 0 Å². The predicted octanol–water partition coefficient (Wildman–Crippen LogP) is 3.61. The number of carbonyl (C=O) groups is 3. The van der Waals surface area contributed by atoms with Crippen molar-refractivity contribution in [3.63, 3.8) is 0 Å². The lowest BCUT2D eigenvalue weighted by Crippen LogP contribution is -2.45. The summed E-state index contributed by atoms with van der Waals surface area (Å²) in [5, 5.41) is 5.98. The van der Waals surface area contributed by atoms with Gasteiger partial charge < -0.3 is 15.5 Å². The minimum absolute atomic E-state index is 0.189. The minimum Gasteiger partial charge on any atom is -0.354 e. The summed E-state index contributed by atoms with van der Waals surface area (Å²) in [6.07, 6.45) is 0. The zero-order chi connectivity index (χ0) is 24.6. The summed E-state index contributed by atoms with van der Waals surface area (Å²) < 4.78 is 0. The van der Waals surface area contributed by atoms with Crippen LogP contribution in [0.4, 0.5) is 4.79 Å². The third-order valence-electron chi connectivity index (χ3n) is 6.48. The molecule has 2 aromatic rings. The standard InChI is InChI=1S/C27H32N4O3/c1-16(2)14-28-25(32)24(19-9-7-6-8-10-19)31-15-21-22(26(31)33)23(29-27(34)30(21)5)20-12-11-17(3)13-18(20)4/h6-13,16,23-24H,14-15H2,1-5H3,(H,28,32)(H,29,34)/t23-,24-/m0/s1. The topological polar surface area (TPSA) is 81.8 Å². The van der Waals surface area contributed by atoms with Crippen molar-refractivity contribution in [1.29, 1.82) is 0 Å². The number of urea groups is 1. The van der Waals surface area contributed by atoms with Gasteiger partial charge in [-0.1, -0.05) is 67.9 Å². The van der Waals surface area contributed by atoms with Gasteiger partial charge in [0, 0.05) is 13.6 Å². The molecule has 0 saturated heterocycles. The van der Waals surface area contributed by atoms with E-state index in [-0.39, 0.29) is 30.3 Å². The molecule has 0 radical (unpaired) electrons. The average molecular weight is 461 g/mol. The Labute approximate surface area is 200 Å². The minimum atomic E-state index is -0.790. The number of likely N-dealkylation sites (N-methyl/N-ethyl adjacent to an activating group) is 1. The average Bonchev–Trinajstić information content (AvgIpc) is 3.13. The van der Waals surface area contributed by atoms with Crippen molar-refractivity contribution in [3.8, 4) is 0 Å². The van der Waals surface area contributed by atoms with E-state index in [0.717, 1.165) is 22.3 Å². The molecule has 0 bridgehead atoms. The number of hydrogen-bond acceptors (Lipinski definition) is 3. The largest absolute Gasteiger partial charge is 0.354 e. The first-order chi connectivity index (χ1) is 16.2. The van der Waals surface area contributed by atoms with E-state index < -0.39 is 12.1 Å². The molecule has 7 nitrogen and oxygen atoms in total. The number of amides is 4. The first-order valence-electron chi connectivity index (χ1n) is 11.7. The van der Waals surface area contributed by atoms with Crippen molar-refractivity contribution in [1.82, 2.24) is 20.4 Å². The van der Waals surface area contributed by atoms with Crippen LogP contribution in [0, 0.1) is 19.8 Å². The van der Waals surface area contributed by atoms with Gasteiger partial charge in [-0.2, -0.15) is 0 Å². The molecule has 2 aliphatic rings. The third-order valence-corrected chi connectivity index (χ3v) is 6.48. The molecule has 178 valence electrons. The van der Waals surface area contributed by atoms with Crippen LogP contribution in [0.2, 0.25) is 0 Å².